The summed E-state index contributed by atoms with van der Waals surface area (Å²) in [5.41, 5.74) is 1.40. The molecule has 0 saturated heterocycles. The third-order valence-electron chi connectivity index (χ3n) is 1.26. The lowest BCUT2D eigenvalue weighted by Gasteiger charge is -2.13. The van der Waals surface area contributed by atoms with Gasteiger partial charge < -0.3 is 4.74 Å². The van der Waals surface area contributed by atoms with Crippen LogP contribution in [0.15, 0.2) is 9.34 Å². The molecule has 0 fully saturated rings. The second kappa shape index (κ2) is 2.71. The van der Waals surface area contributed by atoms with Crippen molar-refractivity contribution in [2.75, 3.05) is 6.61 Å². The lowest BCUT2D eigenvalue weighted by Crippen LogP contribution is -1.99. The molecule has 0 radical (unpaired) electrons. The maximum atomic E-state index is 5.26. The zero-order valence-electron chi connectivity index (χ0n) is 4.91. The Balaban J connectivity index is 2.60. The van der Waals surface area contributed by atoms with E-state index in [4.69, 9.17) is 4.74 Å². The van der Waals surface area contributed by atoms with Crippen molar-refractivity contribution in [2.45, 2.75) is 19.8 Å². The zero-order chi connectivity index (χ0) is 5.98. The molecule has 8 heavy (non-hydrogen) atoms. The second-order valence-electron chi connectivity index (χ2n) is 2.01. The molecule has 0 aliphatic carbocycles. The molecule has 1 rings (SSSR count). The van der Waals surface area contributed by atoms with Gasteiger partial charge in [0.25, 0.3) is 0 Å². The van der Waals surface area contributed by atoms with Gasteiger partial charge in [-0.2, -0.15) is 0 Å². The minimum Gasteiger partial charge on any atom is -0.488 e. The smallest absolute Gasteiger partial charge is 0.155 e. The van der Waals surface area contributed by atoms with Crippen molar-refractivity contribution in [3.8, 4) is 0 Å². The monoisotopic (exact) mass is 224 g/mol. The van der Waals surface area contributed by atoms with E-state index < -0.39 is 0 Å². The van der Waals surface area contributed by atoms with Crippen LogP contribution in [0.5, 0.6) is 0 Å². The molecule has 0 unspecified atom stereocenters. The van der Waals surface area contributed by atoms with Gasteiger partial charge in [0.05, 0.1) is 6.61 Å². The first-order valence-corrected chi connectivity index (χ1v) is 3.86. The van der Waals surface area contributed by atoms with Crippen LogP contribution in [-0.4, -0.2) is 6.61 Å². The highest BCUT2D eigenvalue weighted by Crippen LogP contribution is 2.22. The lowest BCUT2D eigenvalue weighted by molar-refractivity contribution is 0.220. The minimum absolute atomic E-state index is 0.912. The van der Waals surface area contributed by atoms with Crippen LogP contribution in [0.2, 0.25) is 0 Å². The molecule has 0 aromatic carbocycles. The summed E-state index contributed by atoms with van der Waals surface area (Å²) in [5.74, 6) is 0. The van der Waals surface area contributed by atoms with Gasteiger partial charge in [-0.15, -0.1) is 0 Å². The average molecular weight is 224 g/mol. The fourth-order valence-electron chi connectivity index (χ4n) is 0.721. The van der Waals surface area contributed by atoms with Crippen LogP contribution in [-0.2, 0) is 4.74 Å². The molecule has 1 aliphatic rings. The van der Waals surface area contributed by atoms with Gasteiger partial charge in [-0.3, -0.25) is 0 Å². The molecule has 0 aromatic rings. The van der Waals surface area contributed by atoms with E-state index in [2.05, 4.69) is 29.5 Å². The van der Waals surface area contributed by atoms with Crippen LogP contribution in [0.4, 0.5) is 0 Å². The summed E-state index contributed by atoms with van der Waals surface area (Å²) in [4.78, 5) is 0. The molecule has 0 N–H and O–H groups in total. The van der Waals surface area contributed by atoms with Crippen molar-refractivity contribution in [3.63, 3.8) is 0 Å². The first-order valence-electron chi connectivity index (χ1n) is 2.79. The lowest BCUT2D eigenvalue weighted by atomic mass is 10.2. The predicted molar refractivity (Wildman–Crippen MR) is 41.9 cm³/mol. The zero-order valence-corrected chi connectivity index (χ0v) is 7.07. The summed E-state index contributed by atoms with van der Waals surface area (Å²) in [6.07, 6.45) is 2.41. The van der Waals surface area contributed by atoms with Crippen LogP contribution in [0.3, 0.4) is 0 Å². The minimum atomic E-state index is 0.912. The van der Waals surface area contributed by atoms with E-state index in [1.54, 1.807) is 0 Å². The number of hydrogen-bond donors (Lipinski definition) is 0. The predicted octanol–water partition coefficient (Wildman–Crippen LogP) is 2.46. The number of hydrogen-bond acceptors (Lipinski definition) is 1. The van der Waals surface area contributed by atoms with Crippen LogP contribution in [0.1, 0.15) is 19.8 Å². The van der Waals surface area contributed by atoms with Gasteiger partial charge in [0.1, 0.15) is 0 Å². The number of rotatable bonds is 0. The summed E-state index contributed by atoms with van der Waals surface area (Å²) < 4.78 is 6.36. The second-order valence-corrected chi connectivity index (χ2v) is 2.99. The van der Waals surface area contributed by atoms with Gasteiger partial charge in [-0.05, 0) is 47.9 Å². The van der Waals surface area contributed by atoms with Crippen molar-refractivity contribution in [1.29, 1.82) is 0 Å². The first-order chi connectivity index (χ1) is 3.80. The fraction of sp³-hybridized carbons (Fsp3) is 0.667. The Morgan fingerprint density at radius 3 is 2.75 bits per heavy atom. The maximum absolute atomic E-state index is 5.26. The summed E-state index contributed by atoms with van der Waals surface area (Å²) in [6.45, 7) is 3.04. The van der Waals surface area contributed by atoms with Gasteiger partial charge in [-0.1, -0.05) is 0 Å². The molecule has 46 valence electrons. The Morgan fingerprint density at radius 1 is 1.62 bits per heavy atom. The molecule has 0 atom stereocenters. The van der Waals surface area contributed by atoms with Crippen molar-refractivity contribution >= 4 is 22.6 Å². The third-order valence-corrected chi connectivity index (χ3v) is 2.49. The number of halogens is 1. The molecular formula is C6H9IO. The fourth-order valence-corrected chi connectivity index (χ4v) is 1.21. The summed E-state index contributed by atoms with van der Waals surface area (Å²) in [5, 5.41) is 0. The molecule has 1 heterocycles. The topological polar surface area (TPSA) is 9.23 Å². The number of allylic oxidation sites excluding steroid dienone is 1. The molecule has 1 nitrogen and oxygen atoms in total. The Kier molecular flexibility index (Phi) is 2.16. The molecule has 1 aliphatic heterocycles. The Bertz CT molecular complexity index is 104. The van der Waals surface area contributed by atoms with Gasteiger partial charge in [0.2, 0.25) is 0 Å². The van der Waals surface area contributed by atoms with E-state index >= 15 is 0 Å². The Hall–Kier alpha value is 0.270. The average Bonchev–Trinajstić information content (AvgIpc) is 1.77. The van der Waals surface area contributed by atoms with Crippen LogP contribution < -0.4 is 0 Å². The number of ether oxygens (including phenoxy) is 1. The van der Waals surface area contributed by atoms with Gasteiger partial charge >= 0.3 is 0 Å². The normalized spacial score (nSPS) is 20.8. The molecule has 2 heteroatoms. The van der Waals surface area contributed by atoms with Crippen molar-refractivity contribution in [1.82, 2.24) is 0 Å². The Labute approximate surface area is 63.2 Å². The maximum Gasteiger partial charge on any atom is 0.155 e. The largest absolute Gasteiger partial charge is 0.488 e. The van der Waals surface area contributed by atoms with Crippen molar-refractivity contribution < 1.29 is 4.74 Å². The van der Waals surface area contributed by atoms with Gasteiger partial charge in [0.15, 0.2) is 3.77 Å². The molecular weight excluding hydrogens is 215 g/mol. The molecule has 0 amide bonds. The van der Waals surface area contributed by atoms with Gasteiger partial charge in [-0.25, -0.2) is 0 Å². The van der Waals surface area contributed by atoms with E-state index in [0.717, 1.165) is 10.4 Å². The standard InChI is InChI=1S/C6H9IO/c1-5-3-2-4-8-6(5)7/h2-4H2,1H3. The SMILES string of the molecule is CC1=C(I)OCCC1. The van der Waals surface area contributed by atoms with E-state index in [1.807, 2.05) is 0 Å². The van der Waals surface area contributed by atoms with Crippen LogP contribution in [0.25, 0.3) is 0 Å². The quantitative estimate of drug-likeness (QED) is 0.574. The first kappa shape index (κ1) is 6.39. The third kappa shape index (κ3) is 1.37. The van der Waals surface area contributed by atoms with Crippen molar-refractivity contribution in [3.05, 3.63) is 9.34 Å². The Morgan fingerprint density at radius 2 is 2.38 bits per heavy atom. The molecule has 0 aromatic heterocycles. The van der Waals surface area contributed by atoms with E-state index in [1.165, 1.54) is 18.4 Å². The van der Waals surface area contributed by atoms with E-state index in [-0.39, 0.29) is 0 Å². The summed E-state index contributed by atoms with van der Waals surface area (Å²) >= 11 is 2.24. The highest BCUT2D eigenvalue weighted by Gasteiger charge is 2.05. The summed E-state index contributed by atoms with van der Waals surface area (Å²) in [7, 11) is 0. The highest BCUT2D eigenvalue weighted by molar-refractivity contribution is 14.1. The van der Waals surface area contributed by atoms with E-state index in [9.17, 15) is 0 Å². The van der Waals surface area contributed by atoms with Crippen molar-refractivity contribution in [2.24, 2.45) is 0 Å². The van der Waals surface area contributed by atoms with Gasteiger partial charge in [0, 0.05) is 0 Å². The summed E-state index contributed by atoms with van der Waals surface area (Å²) in [6, 6.07) is 0. The highest BCUT2D eigenvalue weighted by atomic mass is 127. The molecule has 0 spiro atoms. The van der Waals surface area contributed by atoms with Crippen LogP contribution in [0, 0.1) is 0 Å². The van der Waals surface area contributed by atoms with Crippen LogP contribution >= 0.6 is 22.6 Å². The molecule has 0 saturated carbocycles. The van der Waals surface area contributed by atoms with E-state index in [0.29, 0.717) is 0 Å². The molecule has 0 bridgehead atoms.